The van der Waals surface area contributed by atoms with Gasteiger partial charge in [0.1, 0.15) is 0 Å². The fourth-order valence-corrected chi connectivity index (χ4v) is 1.95. The summed E-state index contributed by atoms with van der Waals surface area (Å²) in [6, 6.07) is 0. The van der Waals surface area contributed by atoms with Crippen LogP contribution in [0.3, 0.4) is 0 Å². The Morgan fingerprint density at radius 3 is 2.33 bits per heavy atom. The number of hydrogen-bond donors (Lipinski definition) is 2. The fraction of sp³-hybridized carbons (Fsp3) is 1.00. The van der Waals surface area contributed by atoms with Crippen molar-refractivity contribution >= 4 is 9.84 Å². The fourth-order valence-electron chi connectivity index (χ4n) is 1.05. The van der Waals surface area contributed by atoms with Crippen molar-refractivity contribution in [1.29, 1.82) is 0 Å². The molecule has 4 nitrogen and oxygen atoms in total. The molecule has 0 fully saturated rings. The maximum atomic E-state index is 11.4. The average molecular weight is 237 g/mol. The van der Waals surface area contributed by atoms with Gasteiger partial charge in [-0.1, -0.05) is 6.92 Å². The number of hydrogen-bond acceptors (Lipinski definition) is 4. The second-order valence-electron chi connectivity index (χ2n) is 4.02. The molecule has 92 valence electrons. The van der Waals surface area contributed by atoms with Crippen LogP contribution < -0.4 is 5.32 Å². The van der Waals surface area contributed by atoms with Gasteiger partial charge in [0.25, 0.3) is 0 Å². The van der Waals surface area contributed by atoms with Crippen LogP contribution in [0.25, 0.3) is 0 Å². The molecule has 0 aliphatic heterocycles. The lowest BCUT2D eigenvalue weighted by molar-refractivity contribution is 0.160. The van der Waals surface area contributed by atoms with E-state index in [1.165, 1.54) is 0 Å². The van der Waals surface area contributed by atoms with Gasteiger partial charge in [-0.15, -0.1) is 0 Å². The van der Waals surface area contributed by atoms with Gasteiger partial charge in [0.2, 0.25) is 0 Å². The molecule has 0 aliphatic carbocycles. The Bertz CT molecular complexity index is 249. The third-order valence-corrected chi connectivity index (χ3v) is 4.62. The van der Waals surface area contributed by atoms with Crippen molar-refractivity contribution in [3.05, 3.63) is 0 Å². The standard InChI is InChI=1S/C10H23NO3S/c1-4-10(12)5-6-11-7-8-15(13,14)9(2)3/h9-12H,4-8H2,1-3H3. The average Bonchev–Trinajstić information content (AvgIpc) is 2.16. The number of nitrogens with one attached hydrogen (secondary N) is 1. The summed E-state index contributed by atoms with van der Waals surface area (Å²) in [4.78, 5) is 0. The van der Waals surface area contributed by atoms with Crippen molar-refractivity contribution in [3.63, 3.8) is 0 Å². The first-order valence-electron chi connectivity index (χ1n) is 5.50. The highest BCUT2D eigenvalue weighted by molar-refractivity contribution is 7.92. The molecule has 0 rings (SSSR count). The van der Waals surface area contributed by atoms with Crippen LogP contribution in [0.5, 0.6) is 0 Å². The second-order valence-corrected chi connectivity index (χ2v) is 6.69. The predicted octanol–water partition coefficient (Wildman–Crippen LogP) is 0.560. The Labute approximate surface area is 93.0 Å². The van der Waals surface area contributed by atoms with Gasteiger partial charge >= 0.3 is 0 Å². The molecule has 0 heterocycles. The second kappa shape index (κ2) is 7.19. The molecule has 1 atom stereocenters. The lowest BCUT2D eigenvalue weighted by Crippen LogP contribution is -2.29. The predicted molar refractivity (Wildman–Crippen MR) is 62.7 cm³/mol. The molecule has 0 saturated carbocycles. The Balaban J connectivity index is 3.56. The molecule has 0 radical (unpaired) electrons. The van der Waals surface area contributed by atoms with E-state index in [0.29, 0.717) is 19.5 Å². The van der Waals surface area contributed by atoms with Crippen LogP contribution in [0.4, 0.5) is 0 Å². The van der Waals surface area contributed by atoms with Crippen molar-refractivity contribution in [3.8, 4) is 0 Å². The highest BCUT2D eigenvalue weighted by Gasteiger charge is 2.14. The van der Waals surface area contributed by atoms with E-state index in [1.807, 2.05) is 6.92 Å². The highest BCUT2D eigenvalue weighted by Crippen LogP contribution is 1.99. The van der Waals surface area contributed by atoms with Gasteiger partial charge in [0.05, 0.1) is 17.1 Å². The molecule has 0 spiro atoms. The molecular formula is C10H23NO3S. The summed E-state index contributed by atoms with van der Waals surface area (Å²) in [6.45, 7) is 6.44. The highest BCUT2D eigenvalue weighted by atomic mass is 32.2. The van der Waals surface area contributed by atoms with Crippen molar-refractivity contribution in [2.24, 2.45) is 0 Å². The quantitative estimate of drug-likeness (QED) is 0.605. The maximum Gasteiger partial charge on any atom is 0.153 e. The molecule has 0 saturated heterocycles. The van der Waals surface area contributed by atoms with Crippen molar-refractivity contribution in [2.75, 3.05) is 18.8 Å². The molecule has 0 aliphatic rings. The first-order valence-corrected chi connectivity index (χ1v) is 7.22. The Hall–Kier alpha value is -0.130. The summed E-state index contributed by atoms with van der Waals surface area (Å²) < 4.78 is 22.8. The number of rotatable bonds is 8. The van der Waals surface area contributed by atoms with Gasteiger partial charge in [-0.2, -0.15) is 0 Å². The van der Waals surface area contributed by atoms with Crippen LogP contribution in [0.15, 0.2) is 0 Å². The van der Waals surface area contributed by atoms with E-state index in [4.69, 9.17) is 0 Å². The van der Waals surface area contributed by atoms with Gasteiger partial charge < -0.3 is 10.4 Å². The number of aliphatic hydroxyl groups excluding tert-OH is 1. The summed E-state index contributed by atoms with van der Waals surface area (Å²) in [5.74, 6) is 0.173. The third kappa shape index (κ3) is 6.87. The number of aliphatic hydroxyl groups is 1. The SMILES string of the molecule is CCC(O)CCNCCS(=O)(=O)C(C)C. The van der Waals surface area contributed by atoms with E-state index in [0.717, 1.165) is 6.42 Å². The molecule has 0 aromatic heterocycles. The van der Waals surface area contributed by atoms with Crippen molar-refractivity contribution in [1.82, 2.24) is 5.32 Å². The number of sulfone groups is 1. The largest absolute Gasteiger partial charge is 0.393 e. The molecule has 15 heavy (non-hydrogen) atoms. The first kappa shape index (κ1) is 14.9. The summed E-state index contributed by atoms with van der Waals surface area (Å²) >= 11 is 0. The van der Waals surface area contributed by atoms with Crippen molar-refractivity contribution in [2.45, 2.75) is 45.0 Å². The van der Waals surface area contributed by atoms with Crippen molar-refractivity contribution < 1.29 is 13.5 Å². The lowest BCUT2D eigenvalue weighted by atomic mass is 10.2. The zero-order chi connectivity index (χ0) is 11.9. The summed E-state index contributed by atoms with van der Waals surface area (Å²) in [5, 5.41) is 12.0. The zero-order valence-corrected chi connectivity index (χ0v) is 10.7. The van der Waals surface area contributed by atoms with Crippen LogP contribution in [-0.2, 0) is 9.84 Å². The first-order chi connectivity index (χ1) is 6.90. The third-order valence-electron chi connectivity index (χ3n) is 2.41. The molecule has 0 amide bonds. The molecular weight excluding hydrogens is 214 g/mol. The molecule has 0 aromatic carbocycles. The zero-order valence-electron chi connectivity index (χ0n) is 9.86. The maximum absolute atomic E-state index is 11.4. The topological polar surface area (TPSA) is 66.4 Å². The van der Waals surface area contributed by atoms with E-state index in [9.17, 15) is 13.5 Å². The molecule has 0 aromatic rings. The van der Waals surface area contributed by atoms with Gasteiger partial charge in [0, 0.05) is 6.54 Å². The van der Waals surface area contributed by atoms with Gasteiger partial charge in [-0.3, -0.25) is 0 Å². The van der Waals surface area contributed by atoms with E-state index in [2.05, 4.69) is 5.32 Å². The van der Waals surface area contributed by atoms with Crippen LogP contribution >= 0.6 is 0 Å². The van der Waals surface area contributed by atoms with Crippen LogP contribution in [0.2, 0.25) is 0 Å². The summed E-state index contributed by atoms with van der Waals surface area (Å²) in [6.07, 6.45) is 1.14. The van der Waals surface area contributed by atoms with E-state index in [-0.39, 0.29) is 17.1 Å². The van der Waals surface area contributed by atoms with Crippen LogP contribution in [0.1, 0.15) is 33.6 Å². The molecule has 5 heteroatoms. The van der Waals surface area contributed by atoms with E-state index < -0.39 is 9.84 Å². The van der Waals surface area contributed by atoms with Gasteiger partial charge in [-0.05, 0) is 33.2 Å². The monoisotopic (exact) mass is 237 g/mol. The minimum Gasteiger partial charge on any atom is -0.393 e. The van der Waals surface area contributed by atoms with Gasteiger partial charge in [-0.25, -0.2) is 8.42 Å². The van der Waals surface area contributed by atoms with Gasteiger partial charge in [0.15, 0.2) is 9.84 Å². The summed E-state index contributed by atoms with van der Waals surface area (Å²) in [5.41, 5.74) is 0. The molecule has 2 N–H and O–H groups in total. The Kier molecular flexibility index (Phi) is 7.13. The molecule has 1 unspecified atom stereocenters. The Morgan fingerprint density at radius 2 is 1.87 bits per heavy atom. The lowest BCUT2D eigenvalue weighted by Gasteiger charge is -2.10. The Morgan fingerprint density at radius 1 is 1.27 bits per heavy atom. The van der Waals surface area contributed by atoms with E-state index in [1.54, 1.807) is 13.8 Å². The van der Waals surface area contributed by atoms with E-state index >= 15 is 0 Å². The normalized spacial score (nSPS) is 14.5. The smallest absolute Gasteiger partial charge is 0.153 e. The van der Waals surface area contributed by atoms with Crippen LogP contribution in [-0.4, -0.2) is 43.7 Å². The van der Waals surface area contributed by atoms with Crippen LogP contribution in [0, 0.1) is 0 Å². The molecule has 0 bridgehead atoms. The minimum atomic E-state index is -2.93. The minimum absolute atomic E-state index is 0.173. The summed E-state index contributed by atoms with van der Waals surface area (Å²) in [7, 11) is -2.93.